The number of hydrogen-bond donors (Lipinski definition) is 2. The molecule has 0 radical (unpaired) electrons. The number of rotatable bonds is 4. The number of carbonyl (C=O) groups is 2. The lowest BCUT2D eigenvalue weighted by molar-refractivity contribution is 0.0996. The van der Waals surface area contributed by atoms with Crippen molar-refractivity contribution in [2.45, 2.75) is 6.92 Å². The number of para-hydroxylation sites is 1. The highest BCUT2D eigenvalue weighted by molar-refractivity contribution is 6.06. The molecule has 0 aliphatic carbocycles. The molecule has 6 heteroatoms. The first-order valence-corrected chi connectivity index (χ1v) is 8.79. The van der Waals surface area contributed by atoms with Crippen LogP contribution in [0.2, 0.25) is 0 Å². The normalized spacial score (nSPS) is 10.8. The van der Waals surface area contributed by atoms with E-state index in [4.69, 9.17) is 5.73 Å². The number of aromatic nitrogens is 2. The number of primary amides is 1. The monoisotopic (exact) mass is 370 g/mol. The number of fused-ring (bicyclic) bond motifs is 1. The Kier molecular flexibility index (Phi) is 4.37. The van der Waals surface area contributed by atoms with Crippen LogP contribution in [-0.2, 0) is 0 Å². The number of amides is 2. The lowest BCUT2D eigenvalue weighted by atomic mass is 10.1. The minimum Gasteiger partial charge on any atom is -0.366 e. The summed E-state index contributed by atoms with van der Waals surface area (Å²) in [7, 11) is 0. The van der Waals surface area contributed by atoms with Crippen LogP contribution in [0.25, 0.3) is 16.7 Å². The molecule has 0 bridgehead atoms. The maximum Gasteiger partial charge on any atom is 0.255 e. The molecule has 0 atom stereocenters. The van der Waals surface area contributed by atoms with Gasteiger partial charge in [-0.15, -0.1) is 0 Å². The number of imidazole rings is 1. The summed E-state index contributed by atoms with van der Waals surface area (Å²) in [5, 5.41) is 2.79. The van der Waals surface area contributed by atoms with E-state index in [1.54, 1.807) is 36.4 Å². The molecular formula is C22H18N4O2. The van der Waals surface area contributed by atoms with Crippen molar-refractivity contribution >= 4 is 28.5 Å². The lowest BCUT2D eigenvalue weighted by Gasteiger charge is -2.08. The Bertz CT molecular complexity index is 1200. The molecule has 0 fully saturated rings. The van der Waals surface area contributed by atoms with Gasteiger partial charge in [0.15, 0.2) is 0 Å². The molecule has 4 rings (SSSR count). The fourth-order valence-electron chi connectivity index (χ4n) is 3.20. The van der Waals surface area contributed by atoms with Gasteiger partial charge in [-0.3, -0.25) is 14.2 Å². The first-order valence-electron chi connectivity index (χ1n) is 8.79. The second-order valence-electron chi connectivity index (χ2n) is 6.43. The van der Waals surface area contributed by atoms with E-state index in [0.717, 1.165) is 22.5 Å². The van der Waals surface area contributed by atoms with Gasteiger partial charge in [0.05, 0.1) is 11.0 Å². The van der Waals surface area contributed by atoms with Gasteiger partial charge in [0.25, 0.3) is 5.91 Å². The van der Waals surface area contributed by atoms with Crippen molar-refractivity contribution in [1.82, 2.24) is 9.55 Å². The Morgan fingerprint density at radius 1 is 0.929 bits per heavy atom. The summed E-state index contributed by atoms with van der Waals surface area (Å²) in [5.41, 5.74) is 9.29. The lowest BCUT2D eigenvalue weighted by Crippen LogP contribution is -2.14. The van der Waals surface area contributed by atoms with Gasteiger partial charge in [-0.1, -0.05) is 24.3 Å². The molecule has 6 nitrogen and oxygen atoms in total. The number of hydrogen-bond acceptors (Lipinski definition) is 3. The predicted octanol–water partition coefficient (Wildman–Crippen LogP) is 3.69. The molecular weight excluding hydrogens is 352 g/mol. The topological polar surface area (TPSA) is 90.0 Å². The first-order chi connectivity index (χ1) is 13.5. The summed E-state index contributed by atoms with van der Waals surface area (Å²) in [6.45, 7) is 1.93. The number of benzene rings is 3. The third kappa shape index (κ3) is 3.23. The van der Waals surface area contributed by atoms with Crippen LogP contribution in [0.3, 0.4) is 0 Å². The Morgan fingerprint density at radius 2 is 1.71 bits per heavy atom. The van der Waals surface area contributed by atoms with Gasteiger partial charge < -0.3 is 11.1 Å². The second kappa shape index (κ2) is 7.00. The van der Waals surface area contributed by atoms with E-state index in [-0.39, 0.29) is 5.91 Å². The summed E-state index contributed by atoms with van der Waals surface area (Å²) in [4.78, 5) is 28.5. The average Bonchev–Trinajstić information content (AvgIpc) is 3.03. The Labute approximate surface area is 161 Å². The zero-order valence-electron chi connectivity index (χ0n) is 15.2. The molecule has 138 valence electrons. The fraction of sp³-hybridized carbons (Fsp3) is 0.0455. The largest absolute Gasteiger partial charge is 0.366 e. The van der Waals surface area contributed by atoms with Gasteiger partial charge >= 0.3 is 0 Å². The summed E-state index contributed by atoms with van der Waals surface area (Å²) >= 11 is 0. The average molecular weight is 370 g/mol. The molecule has 0 unspecified atom stereocenters. The predicted molar refractivity (Wildman–Crippen MR) is 109 cm³/mol. The highest BCUT2D eigenvalue weighted by atomic mass is 16.2. The molecule has 0 saturated carbocycles. The summed E-state index contributed by atoms with van der Waals surface area (Å²) in [5.74, 6) is 0.0165. The molecule has 28 heavy (non-hydrogen) atoms. The zero-order chi connectivity index (χ0) is 19.7. The number of nitrogens with two attached hydrogens (primary N) is 1. The quantitative estimate of drug-likeness (QED) is 0.574. The maximum absolute atomic E-state index is 12.6. The number of nitrogens with zero attached hydrogens (tertiary/aromatic N) is 2. The summed E-state index contributed by atoms with van der Waals surface area (Å²) in [6, 6.07) is 21.9. The molecule has 4 aromatic rings. The minimum atomic E-state index is -0.542. The van der Waals surface area contributed by atoms with Crippen LogP contribution < -0.4 is 11.1 Å². The molecule has 1 heterocycles. The SMILES string of the molecule is Cc1nc2cc(C(=O)Nc3cccc(C(N)=O)c3)ccc2n1-c1ccccc1. The number of nitrogens with one attached hydrogen (secondary N) is 1. The second-order valence-corrected chi connectivity index (χ2v) is 6.43. The highest BCUT2D eigenvalue weighted by Crippen LogP contribution is 2.23. The van der Waals surface area contributed by atoms with Crippen LogP contribution in [0.4, 0.5) is 5.69 Å². The zero-order valence-corrected chi connectivity index (χ0v) is 15.2. The minimum absolute atomic E-state index is 0.282. The molecule has 1 aromatic heterocycles. The van der Waals surface area contributed by atoms with Gasteiger partial charge in [0.1, 0.15) is 5.82 Å². The van der Waals surface area contributed by atoms with Gasteiger partial charge in [-0.2, -0.15) is 0 Å². The number of anilines is 1. The van der Waals surface area contributed by atoms with Crippen LogP contribution >= 0.6 is 0 Å². The standard InChI is InChI=1S/C22H18N4O2/c1-14-24-19-13-16(10-11-20(19)26(14)18-8-3-2-4-9-18)22(28)25-17-7-5-6-15(12-17)21(23)27/h2-13H,1H3,(H2,23,27)(H,25,28). The Hall–Kier alpha value is -3.93. The van der Waals surface area contributed by atoms with Gasteiger partial charge in [-0.25, -0.2) is 4.98 Å². The molecule has 3 N–H and O–H groups in total. The third-order valence-corrected chi connectivity index (χ3v) is 4.50. The number of carbonyl (C=O) groups excluding carboxylic acids is 2. The van der Waals surface area contributed by atoms with E-state index in [1.165, 1.54) is 0 Å². The van der Waals surface area contributed by atoms with E-state index in [2.05, 4.69) is 10.3 Å². The maximum atomic E-state index is 12.6. The van der Waals surface area contributed by atoms with E-state index in [9.17, 15) is 9.59 Å². The first kappa shape index (κ1) is 17.5. The van der Waals surface area contributed by atoms with Gasteiger partial charge in [-0.05, 0) is 55.5 Å². The van der Waals surface area contributed by atoms with Gasteiger partial charge in [0, 0.05) is 22.5 Å². The fourth-order valence-corrected chi connectivity index (χ4v) is 3.20. The van der Waals surface area contributed by atoms with Crippen molar-refractivity contribution in [2.24, 2.45) is 5.73 Å². The molecule has 0 aliphatic rings. The van der Waals surface area contributed by atoms with Crippen LogP contribution in [-0.4, -0.2) is 21.4 Å². The Balaban J connectivity index is 1.66. The van der Waals surface area contributed by atoms with Gasteiger partial charge in [0.2, 0.25) is 5.91 Å². The van der Waals surface area contributed by atoms with Crippen molar-refractivity contribution in [2.75, 3.05) is 5.32 Å². The van der Waals surface area contributed by atoms with E-state index < -0.39 is 5.91 Å². The van der Waals surface area contributed by atoms with Crippen LogP contribution in [0.5, 0.6) is 0 Å². The molecule has 0 saturated heterocycles. The van der Waals surface area contributed by atoms with Crippen molar-refractivity contribution in [3.8, 4) is 5.69 Å². The van der Waals surface area contributed by atoms with E-state index >= 15 is 0 Å². The number of aryl methyl sites for hydroxylation is 1. The van der Waals surface area contributed by atoms with Crippen molar-refractivity contribution in [1.29, 1.82) is 0 Å². The van der Waals surface area contributed by atoms with E-state index in [1.807, 2.05) is 47.9 Å². The smallest absolute Gasteiger partial charge is 0.255 e. The van der Waals surface area contributed by atoms with Crippen molar-refractivity contribution in [3.63, 3.8) is 0 Å². The molecule has 0 spiro atoms. The molecule has 3 aromatic carbocycles. The Morgan fingerprint density at radius 3 is 2.46 bits per heavy atom. The summed E-state index contributed by atoms with van der Waals surface area (Å²) in [6.07, 6.45) is 0. The molecule has 2 amide bonds. The van der Waals surface area contributed by atoms with Crippen LogP contribution in [0.15, 0.2) is 72.8 Å². The van der Waals surface area contributed by atoms with Crippen LogP contribution in [0, 0.1) is 6.92 Å². The molecule has 0 aliphatic heterocycles. The van der Waals surface area contributed by atoms with Crippen molar-refractivity contribution in [3.05, 3.63) is 89.7 Å². The van der Waals surface area contributed by atoms with E-state index in [0.29, 0.717) is 16.8 Å². The summed E-state index contributed by atoms with van der Waals surface area (Å²) < 4.78 is 2.05. The van der Waals surface area contributed by atoms with Crippen molar-refractivity contribution < 1.29 is 9.59 Å². The third-order valence-electron chi connectivity index (χ3n) is 4.50. The highest BCUT2D eigenvalue weighted by Gasteiger charge is 2.13. The van der Waals surface area contributed by atoms with Crippen LogP contribution in [0.1, 0.15) is 26.5 Å².